The summed E-state index contributed by atoms with van der Waals surface area (Å²) < 4.78 is 9.78. The summed E-state index contributed by atoms with van der Waals surface area (Å²) in [6.45, 7) is 5.62. The second-order valence-electron chi connectivity index (χ2n) is 6.39. The Balaban J connectivity index is 1.77. The molecule has 0 fully saturated rings. The number of anilines is 1. The van der Waals surface area contributed by atoms with Crippen molar-refractivity contribution in [2.75, 3.05) is 12.3 Å². The van der Waals surface area contributed by atoms with E-state index in [-0.39, 0.29) is 6.61 Å². The average Bonchev–Trinajstić information content (AvgIpc) is 2.86. The molecule has 0 unspecified atom stereocenters. The van der Waals surface area contributed by atoms with Gasteiger partial charge < -0.3 is 9.84 Å². The summed E-state index contributed by atoms with van der Waals surface area (Å²) >= 11 is 0. The van der Waals surface area contributed by atoms with Crippen LogP contribution in [-0.4, -0.2) is 22.4 Å². The lowest BCUT2D eigenvalue weighted by Gasteiger charge is -2.12. The predicted molar refractivity (Wildman–Crippen MR) is 99.5 cm³/mol. The van der Waals surface area contributed by atoms with Crippen molar-refractivity contribution in [2.24, 2.45) is 0 Å². The zero-order valence-corrected chi connectivity index (χ0v) is 14.9. The van der Waals surface area contributed by atoms with Crippen LogP contribution in [0.5, 0.6) is 5.75 Å². The zero-order chi connectivity index (χ0) is 17.8. The number of benzene rings is 2. The predicted octanol–water partition coefficient (Wildman–Crippen LogP) is 2.67. The summed E-state index contributed by atoms with van der Waals surface area (Å²) in [5.41, 5.74) is 9.61. The molecule has 0 aliphatic carbocycles. The topological polar surface area (TPSA) is 64.3 Å². The van der Waals surface area contributed by atoms with Gasteiger partial charge in [-0.2, -0.15) is 0 Å². The highest BCUT2D eigenvalue weighted by Gasteiger charge is 2.22. The molecule has 2 aromatic carbocycles. The van der Waals surface area contributed by atoms with Gasteiger partial charge in [0.15, 0.2) is 0 Å². The molecule has 1 heterocycles. The first-order valence-corrected chi connectivity index (χ1v) is 8.74. The summed E-state index contributed by atoms with van der Waals surface area (Å²) in [4.78, 5) is 0. The van der Waals surface area contributed by atoms with Gasteiger partial charge in [-0.05, 0) is 43.2 Å². The van der Waals surface area contributed by atoms with Crippen molar-refractivity contribution in [3.8, 4) is 5.75 Å². The fourth-order valence-corrected chi connectivity index (χ4v) is 3.12. The van der Waals surface area contributed by atoms with Crippen molar-refractivity contribution < 1.29 is 14.4 Å². The molecule has 0 aliphatic rings. The number of nitrogens with zero attached hydrogens (tertiary/aromatic N) is 2. The van der Waals surface area contributed by atoms with Crippen molar-refractivity contribution >= 4 is 17.0 Å². The van der Waals surface area contributed by atoms with Gasteiger partial charge in [0.1, 0.15) is 36.0 Å². The largest absolute Gasteiger partial charge is 0.491 e. The molecule has 0 saturated heterocycles. The second kappa shape index (κ2) is 7.57. The molecule has 0 aliphatic heterocycles. The normalized spacial score (nSPS) is 12.4. The number of nitrogens with two attached hydrogens (primary N) is 1. The lowest BCUT2D eigenvalue weighted by Crippen LogP contribution is -2.43. The molecule has 5 nitrogen and oxygen atoms in total. The van der Waals surface area contributed by atoms with Crippen LogP contribution in [0.2, 0.25) is 0 Å². The van der Waals surface area contributed by atoms with Gasteiger partial charge in [0.25, 0.3) is 0 Å². The molecule has 0 radical (unpaired) electrons. The van der Waals surface area contributed by atoms with Gasteiger partial charge in [-0.3, -0.25) is 5.73 Å². The lowest BCUT2D eigenvalue weighted by molar-refractivity contribution is -0.665. The Bertz CT molecular complexity index is 857. The van der Waals surface area contributed by atoms with Crippen LogP contribution in [0.15, 0.2) is 48.5 Å². The number of nitrogen functional groups attached to an aromatic ring is 1. The van der Waals surface area contributed by atoms with Gasteiger partial charge in [0.05, 0.1) is 6.54 Å². The SMILES string of the molecule is CCCn1c(N)[n+](C[C@@H](O)COc2cccc(C)c2)c2ccccc21. The van der Waals surface area contributed by atoms with E-state index in [1.54, 1.807) is 0 Å². The average molecular weight is 340 g/mol. The van der Waals surface area contributed by atoms with E-state index in [0.29, 0.717) is 12.5 Å². The van der Waals surface area contributed by atoms with Crippen LogP contribution >= 0.6 is 0 Å². The maximum absolute atomic E-state index is 10.4. The highest BCUT2D eigenvalue weighted by molar-refractivity contribution is 5.73. The number of hydrogen-bond acceptors (Lipinski definition) is 3. The van der Waals surface area contributed by atoms with E-state index < -0.39 is 6.10 Å². The number of aliphatic hydroxyl groups is 1. The first-order chi connectivity index (χ1) is 12.1. The molecule has 3 aromatic rings. The lowest BCUT2D eigenvalue weighted by atomic mass is 10.2. The van der Waals surface area contributed by atoms with E-state index in [4.69, 9.17) is 10.5 Å². The number of aliphatic hydroxyl groups excluding tert-OH is 1. The highest BCUT2D eigenvalue weighted by Crippen LogP contribution is 2.17. The number of ether oxygens (including phenoxy) is 1. The minimum Gasteiger partial charge on any atom is -0.491 e. The Morgan fingerprint density at radius 2 is 2.00 bits per heavy atom. The van der Waals surface area contributed by atoms with Gasteiger partial charge in [-0.1, -0.05) is 31.2 Å². The van der Waals surface area contributed by atoms with Crippen molar-refractivity contribution in [2.45, 2.75) is 39.5 Å². The van der Waals surface area contributed by atoms with Gasteiger partial charge in [-0.25, -0.2) is 9.13 Å². The van der Waals surface area contributed by atoms with Crippen LogP contribution in [0.4, 0.5) is 5.95 Å². The summed E-state index contributed by atoms with van der Waals surface area (Å²) in [5.74, 6) is 1.43. The van der Waals surface area contributed by atoms with Gasteiger partial charge >= 0.3 is 5.95 Å². The number of imidazole rings is 1. The minimum atomic E-state index is -0.645. The standard InChI is InChI=1S/C20H25N3O2/c1-3-11-22-18-9-4-5-10-19(18)23(20(22)21)13-16(24)14-25-17-8-6-7-15(2)12-17/h4-10,12,16,21,24H,3,11,13-14H2,1-2H3/p+1/t16-/m1/s1. The third-order valence-electron chi connectivity index (χ3n) is 4.29. The van der Waals surface area contributed by atoms with Crippen molar-refractivity contribution in [1.82, 2.24) is 4.57 Å². The Hall–Kier alpha value is -2.53. The van der Waals surface area contributed by atoms with E-state index in [2.05, 4.69) is 17.6 Å². The Kier molecular flexibility index (Phi) is 5.24. The molecule has 1 aromatic heterocycles. The Morgan fingerprint density at radius 1 is 1.20 bits per heavy atom. The van der Waals surface area contributed by atoms with Crippen molar-refractivity contribution in [3.05, 3.63) is 54.1 Å². The first-order valence-electron chi connectivity index (χ1n) is 8.74. The zero-order valence-electron chi connectivity index (χ0n) is 14.9. The van der Waals surface area contributed by atoms with Crippen LogP contribution in [0, 0.1) is 6.92 Å². The van der Waals surface area contributed by atoms with Crippen LogP contribution in [0.25, 0.3) is 11.0 Å². The van der Waals surface area contributed by atoms with E-state index in [9.17, 15) is 5.11 Å². The molecule has 1 atom stereocenters. The molecule has 0 bridgehead atoms. The summed E-state index contributed by atoms with van der Waals surface area (Å²) in [5, 5.41) is 10.4. The van der Waals surface area contributed by atoms with Crippen molar-refractivity contribution in [3.63, 3.8) is 0 Å². The highest BCUT2D eigenvalue weighted by atomic mass is 16.5. The van der Waals surface area contributed by atoms with Crippen LogP contribution in [0.3, 0.4) is 0 Å². The van der Waals surface area contributed by atoms with Crippen LogP contribution < -0.4 is 15.0 Å². The molecule has 3 rings (SSSR count). The minimum absolute atomic E-state index is 0.225. The molecule has 25 heavy (non-hydrogen) atoms. The summed E-state index contributed by atoms with van der Waals surface area (Å²) in [6, 6.07) is 15.9. The quantitative estimate of drug-likeness (QED) is 0.650. The number of aryl methyl sites for hydroxylation is 2. The van der Waals surface area contributed by atoms with Gasteiger partial charge in [0.2, 0.25) is 0 Å². The fraction of sp³-hybridized carbons (Fsp3) is 0.350. The monoisotopic (exact) mass is 340 g/mol. The second-order valence-corrected chi connectivity index (χ2v) is 6.39. The number of aromatic nitrogens is 2. The molecule has 5 heteroatoms. The molecular weight excluding hydrogens is 314 g/mol. The third kappa shape index (κ3) is 3.77. The molecule has 3 N–H and O–H groups in total. The van der Waals surface area contributed by atoms with E-state index >= 15 is 0 Å². The number of hydrogen-bond donors (Lipinski definition) is 2. The van der Waals surface area contributed by atoms with E-state index in [1.165, 1.54) is 0 Å². The maximum Gasteiger partial charge on any atom is 0.356 e. The third-order valence-corrected chi connectivity index (χ3v) is 4.29. The van der Waals surface area contributed by atoms with Crippen molar-refractivity contribution in [1.29, 1.82) is 0 Å². The van der Waals surface area contributed by atoms with Gasteiger partial charge in [0, 0.05) is 0 Å². The van der Waals surface area contributed by atoms with Gasteiger partial charge in [-0.15, -0.1) is 0 Å². The Labute approximate surface area is 148 Å². The molecule has 0 spiro atoms. The van der Waals surface area contributed by atoms with E-state index in [0.717, 1.165) is 35.3 Å². The van der Waals surface area contributed by atoms with Crippen LogP contribution in [0.1, 0.15) is 18.9 Å². The molecule has 0 amide bonds. The molecule has 132 valence electrons. The fourth-order valence-electron chi connectivity index (χ4n) is 3.12. The maximum atomic E-state index is 10.4. The number of rotatable bonds is 7. The number of para-hydroxylation sites is 2. The van der Waals surface area contributed by atoms with E-state index in [1.807, 2.05) is 54.0 Å². The first kappa shape index (κ1) is 17.3. The summed E-state index contributed by atoms with van der Waals surface area (Å²) in [6.07, 6.45) is 0.357. The molecule has 0 saturated carbocycles. The smallest absolute Gasteiger partial charge is 0.356 e. The molecular formula is C20H26N3O2+. The van der Waals surface area contributed by atoms with Crippen LogP contribution in [-0.2, 0) is 13.1 Å². The Morgan fingerprint density at radius 3 is 2.76 bits per heavy atom. The number of fused-ring (bicyclic) bond motifs is 1. The summed E-state index contributed by atoms with van der Waals surface area (Å²) in [7, 11) is 0.